The lowest BCUT2D eigenvalue weighted by molar-refractivity contribution is -0.0414. The zero-order valence-corrected chi connectivity index (χ0v) is 13.8. The molecule has 21 heavy (non-hydrogen) atoms. The van der Waals surface area contributed by atoms with Crippen molar-refractivity contribution in [2.24, 2.45) is 11.3 Å². The van der Waals surface area contributed by atoms with Crippen LogP contribution in [0.15, 0.2) is 16.3 Å². The molecule has 2 aliphatic rings. The van der Waals surface area contributed by atoms with E-state index in [9.17, 15) is 13.5 Å². The van der Waals surface area contributed by atoms with Crippen molar-refractivity contribution in [3.63, 3.8) is 0 Å². The monoisotopic (exact) mass is 331 g/mol. The maximum absolute atomic E-state index is 12.8. The maximum Gasteiger partial charge on any atom is 0.252 e. The molecule has 0 aromatic carbocycles. The highest BCUT2D eigenvalue weighted by atomic mass is 32.2. The van der Waals surface area contributed by atoms with Gasteiger partial charge in [-0.05, 0) is 25.0 Å². The molecule has 2 saturated heterocycles. The van der Waals surface area contributed by atoms with Crippen molar-refractivity contribution in [1.29, 1.82) is 0 Å². The lowest BCUT2D eigenvalue weighted by atomic mass is 9.75. The second-order valence-electron chi connectivity index (χ2n) is 5.91. The molecule has 0 spiro atoms. The number of hydrogen-bond donors (Lipinski definition) is 1. The fraction of sp³-hybridized carbons (Fsp3) is 0.714. The van der Waals surface area contributed by atoms with E-state index in [-0.39, 0.29) is 17.9 Å². The Balaban J connectivity index is 1.87. The Labute approximate surface area is 129 Å². The van der Waals surface area contributed by atoms with Crippen LogP contribution >= 0.6 is 11.3 Å². The molecule has 3 heterocycles. The van der Waals surface area contributed by atoms with E-state index in [1.54, 1.807) is 6.07 Å². The van der Waals surface area contributed by atoms with Crippen LogP contribution in [0.25, 0.3) is 0 Å². The van der Waals surface area contributed by atoms with E-state index in [0.29, 0.717) is 30.5 Å². The molecule has 1 aromatic heterocycles. The van der Waals surface area contributed by atoms with Crippen molar-refractivity contribution in [3.05, 3.63) is 17.0 Å². The average Bonchev–Trinajstić information content (AvgIpc) is 3.12. The van der Waals surface area contributed by atoms with E-state index < -0.39 is 10.0 Å². The topological polar surface area (TPSA) is 66.8 Å². The van der Waals surface area contributed by atoms with Crippen LogP contribution in [0.3, 0.4) is 0 Å². The van der Waals surface area contributed by atoms with Crippen molar-refractivity contribution in [2.75, 3.05) is 32.9 Å². The molecule has 3 rings (SSSR count). The highest BCUT2D eigenvalue weighted by molar-refractivity contribution is 7.91. The largest absolute Gasteiger partial charge is 0.396 e. The molecule has 0 radical (unpaired) electrons. The Kier molecular flexibility index (Phi) is 4.13. The second kappa shape index (κ2) is 5.62. The van der Waals surface area contributed by atoms with Crippen LogP contribution in [-0.2, 0) is 21.2 Å². The van der Waals surface area contributed by atoms with Gasteiger partial charge in [-0.1, -0.05) is 6.92 Å². The van der Waals surface area contributed by atoms with Gasteiger partial charge in [0.1, 0.15) is 4.21 Å². The van der Waals surface area contributed by atoms with E-state index in [1.165, 1.54) is 15.6 Å². The Bertz CT molecular complexity index is 612. The second-order valence-corrected chi connectivity index (χ2v) is 9.25. The molecular weight excluding hydrogens is 310 g/mol. The highest BCUT2D eigenvalue weighted by Crippen LogP contribution is 2.44. The van der Waals surface area contributed by atoms with Crippen molar-refractivity contribution in [2.45, 2.75) is 24.0 Å². The molecule has 118 valence electrons. The van der Waals surface area contributed by atoms with Gasteiger partial charge in [0.15, 0.2) is 0 Å². The minimum absolute atomic E-state index is 0.0255. The Morgan fingerprint density at radius 1 is 1.52 bits per heavy atom. The summed E-state index contributed by atoms with van der Waals surface area (Å²) >= 11 is 1.34. The first-order valence-corrected chi connectivity index (χ1v) is 9.55. The number of sulfonamides is 1. The predicted molar refractivity (Wildman–Crippen MR) is 80.9 cm³/mol. The van der Waals surface area contributed by atoms with Crippen LogP contribution in [0.5, 0.6) is 0 Å². The van der Waals surface area contributed by atoms with Crippen molar-refractivity contribution in [1.82, 2.24) is 4.31 Å². The molecule has 0 unspecified atom stereocenters. The third-order valence-corrected chi connectivity index (χ3v) is 8.25. The lowest BCUT2D eigenvalue weighted by Gasteiger charge is -2.36. The molecule has 1 aromatic rings. The van der Waals surface area contributed by atoms with Gasteiger partial charge in [0, 0.05) is 35.9 Å². The smallest absolute Gasteiger partial charge is 0.252 e. The zero-order chi connectivity index (χ0) is 15.1. The van der Waals surface area contributed by atoms with E-state index in [0.717, 1.165) is 17.7 Å². The van der Waals surface area contributed by atoms with Gasteiger partial charge in [-0.25, -0.2) is 8.42 Å². The maximum atomic E-state index is 12.8. The van der Waals surface area contributed by atoms with Gasteiger partial charge in [-0.3, -0.25) is 0 Å². The summed E-state index contributed by atoms with van der Waals surface area (Å²) in [4.78, 5) is 1.07. The summed E-state index contributed by atoms with van der Waals surface area (Å²) in [7, 11) is -3.45. The van der Waals surface area contributed by atoms with Crippen molar-refractivity contribution >= 4 is 21.4 Å². The molecule has 0 saturated carbocycles. The predicted octanol–water partition coefficient (Wildman–Crippen LogP) is 1.33. The Morgan fingerprint density at radius 2 is 2.33 bits per heavy atom. The fourth-order valence-corrected chi connectivity index (χ4v) is 6.28. The third kappa shape index (κ3) is 2.55. The number of aliphatic hydroxyl groups excluding tert-OH is 1. The van der Waals surface area contributed by atoms with Crippen LogP contribution in [0, 0.1) is 11.3 Å². The van der Waals surface area contributed by atoms with Crippen LogP contribution < -0.4 is 0 Å². The quantitative estimate of drug-likeness (QED) is 0.904. The van der Waals surface area contributed by atoms with E-state index in [2.05, 4.69) is 0 Å². The first-order chi connectivity index (χ1) is 10.0. The van der Waals surface area contributed by atoms with Crippen LogP contribution in [0.2, 0.25) is 0 Å². The normalized spacial score (nSPS) is 30.5. The molecule has 0 bridgehead atoms. The summed E-state index contributed by atoms with van der Waals surface area (Å²) in [6, 6.07) is 3.58. The molecule has 2 atom stereocenters. The van der Waals surface area contributed by atoms with Crippen LogP contribution in [0.4, 0.5) is 0 Å². The number of nitrogens with zero attached hydrogens (tertiary/aromatic N) is 1. The average molecular weight is 331 g/mol. The SMILES string of the molecule is CCc1ccc(S(=O)(=O)N2C[C@@H]3COCC[C@]3(CO)C2)s1. The van der Waals surface area contributed by atoms with Crippen LogP contribution in [-0.4, -0.2) is 50.7 Å². The molecule has 2 aliphatic heterocycles. The Morgan fingerprint density at radius 3 is 2.95 bits per heavy atom. The van der Waals surface area contributed by atoms with Gasteiger partial charge in [0.05, 0.1) is 13.2 Å². The molecule has 5 nitrogen and oxygen atoms in total. The molecule has 0 amide bonds. The molecule has 1 N–H and O–H groups in total. The third-order valence-electron chi connectivity index (χ3n) is 4.74. The first kappa shape index (κ1) is 15.4. The van der Waals surface area contributed by atoms with E-state index >= 15 is 0 Å². The number of aryl methyl sites for hydroxylation is 1. The fourth-order valence-electron chi connectivity index (χ4n) is 3.25. The number of ether oxygens (including phenoxy) is 1. The summed E-state index contributed by atoms with van der Waals surface area (Å²) in [5.74, 6) is 0.0941. The summed E-state index contributed by atoms with van der Waals surface area (Å²) in [5, 5.41) is 9.77. The molecular formula is C14H21NO4S2. The van der Waals surface area contributed by atoms with Gasteiger partial charge in [-0.15, -0.1) is 11.3 Å². The number of aliphatic hydroxyl groups is 1. The first-order valence-electron chi connectivity index (χ1n) is 7.29. The highest BCUT2D eigenvalue weighted by Gasteiger charge is 2.51. The van der Waals surface area contributed by atoms with Gasteiger partial charge >= 0.3 is 0 Å². The molecule has 0 aliphatic carbocycles. The number of hydrogen-bond acceptors (Lipinski definition) is 5. The number of thiophene rings is 1. The summed E-state index contributed by atoms with van der Waals surface area (Å²) in [6.07, 6.45) is 1.57. The van der Waals surface area contributed by atoms with Gasteiger partial charge in [-0.2, -0.15) is 4.31 Å². The minimum Gasteiger partial charge on any atom is -0.396 e. The summed E-state index contributed by atoms with van der Waals surface area (Å²) in [6.45, 7) is 4.03. The van der Waals surface area contributed by atoms with E-state index in [4.69, 9.17) is 4.74 Å². The van der Waals surface area contributed by atoms with Gasteiger partial charge in [0.2, 0.25) is 0 Å². The minimum atomic E-state index is -3.45. The molecule has 2 fully saturated rings. The number of fused-ring (bicyclic) bond motifs is 1. The van der Waals surface area contributed by atoms with Gasteiger partial charge < -0.3 is 9.84 Å². The van der Waals surface area contributed by atoms with Crippen molar-refractivity contribution < 1.29 is 18.3 Å². The van der Waals surface area contributed by atoms with Crippen LogP contribution in [0.1, 0.15) is 18.2 Å². The summed E-state index contributed by atoms with van der Waals surface area (Å²) in [5.41, 5.74) is -0.323. The summed E-state index contributed by atoms with van der Waals surface area (Å²) < 4.78 is 33.0. The van der Waals surface area contributed by atoms with E-state index in [1.807, 2.05) is 13.0 Å². The lowest BCUT2D eigenvalue weighted by Crippen LogP contribution is -2.41. The zero-order valence-electron chi connectivity index (χ0n) is 12.1. The van der Waals surface area contributed by atoms with Crippen molar-refractivity contribution in [3.8, 4) is 0 Å². The standard InChI is InChI=1S/C14H21NO4S2/c1-2-12-3-4-13(20-12)21(17,18)15-7-11-8-19-6-5-14(11,9-15)10-16/h3-4,11,16H,2,5-10H2,1H3/t11-,14-/m1/s1. The number of rotatable bonds is 4. The van der Waals surface area contributed by atoms with Gasteiger partial charge in [0.25, 0.3) is 10.0 Å². The molecule has 7 heteroatoms. The Hall–Kier alpha value is -0.470.